The number of carboxylic acids is 1. The lowest BCUT2D eigenvalue weighted by molar-refractivity contribution is -0.140. The van der Waals surface area contributed by atoms with E-state index in [4.69, 9.17) is 9.84 Å². The minimum absolute atomic E-state index is 0.0465. The molecule has 1 aromatic carbocycles. The molecule has 0 heterocycles. The lowest BCUT2D eigenvalue weighted by Gasteiger charge is -2.10. The summed E-state index contributed by atoms with van der Waals surface area (Å²) in [5.41, 5.74) is 0.0465. The van der Waals surface area contributed by atoms with E-state index < -0.39 is 23.5 Å². The van der Waals surface area contributed by atoms with E-state index in [1.165, 1.54) is 12.1 Å². The molecule has 0 spiro atoms. The maximum atomic E-state index is 13.5. The van der Waals surface area contributed by atoms with Gasteiger partial charge in [0, 0.05) is 5.56 Å². The lowest BCUT2D eigenvalue weighted by atomic mass is 9.95. The average Bonchev–Trinajstić information content (AvgIpc) is 2.32. The van der Waals surface area contributed by atoms with Crippen LogP contribution in [0.3, 0.4) is 0 Å². The summed E-state index contributed by atoms with van der Waals surface area (Å²) >= 11 is 0. The summed E-state index contributed by atoms with van der Waals surface area (Å²) in [7, 11) is 0. The first-order valence-corrected chi connectivity index (χ1v) is 5.70. The topological polar surface area (TPSA) is 63.6 Å². The molecule has 0 saturated carbocycles. The lowest BCUT2D eigenvalue weighted by Crippen LogP contribution is -2.23. The summed E-state index contributed by atoms with van der Waals surface area (Å²) in [6.45, 7) is 3.63. The number of halogens is 1. The Labute approximate surface area is 104 Å². The molecule has 18 heavy (non-hydrogen) atoms. The van der Waals surface area contributed by atoms with Gasteiger partial charge in [-0.1, -0.05) is 6.92 Å². The Bertz CT molecular complexity index is 456. The third kappa shape index (κ3) is 3.06. The Morgan fingerprint density at radius 1 is 1.39 bits per heavy atom. The molecule has 1 aromatic rings. The molecule has 0 aliphatic rings. The van der Waals surface area contributed by atoms with Crippen LogP contribution in [-0.4, -0.2) is 23.5 Å². The van der Waals surface area contributed by atoms with E-state index in [9.17, 15) is 14.0 Å². The molecule has 0 fully saturated rings. The Morgan fingerprint density at radius 2 is 2.06 bits per heavy atom. The van der Waals surface area contributed by atoms with Crippen molar-refractivity contribution in [2.24, 2.45) is 5.92 Å². The number of carboxylic acid groups (broad SMARTS) is 1. The fourth-order valence-electron chi connectivity index (χ4n) is 1.60. The van der Waals surface area contributed by atoms with Crippen LogP contribution in [0, 0.1) is 11.7 Å². The summed E-state index contributed by atoms with van der Waals surface area (Å²) in [5, 5.41) is 8.87. The van der Waals surface area contributed by atoms with E-state index >= 15 is 0 Å². The summed E-state index contributed by atoms with van der Waals surface area (Å²) in [4.78, 5) is 22.7. The van der Waals surface area contributed by atoms with Gasteiger partial charge in [0.15, 0.2) is 17.3 Å². The van der Waals surface area contributed by atoms with Crippen LogP contribution in [0.5, 0.6) is 5.75 Å². The summed E-state index contributed by atoms with van der Waals surface area (Å²) in [6.07, 6.45) is 0.170. The van der Waals surface area contributed by atoms with Crippen molar-refractivity contribution in [2.75, 3.05) is 6.61 Å². The molecule has 1 N–H and O–H groups in total. The smallest absolute Gasteiger partial charge is 0.314 e. The first-order chi connectivity index (χ1) is 8.51. The molecule has 4 nitrogen and oxygen atoms in total. The molecule has 0 aromatic heterocycles. The van der Waals surface area contributed by atoms with Crippen molar-refractivity contribution < 1.29 is 23.8 Å². The first kappa shape index (κ1) is 14.2. The van der Waals surface area contributed by atoms with Gasteiger partial charge in [0.05, 0.1) is 6.61 Å². The van der Waals surface area contributed by atoms with Crippen LogP contribution in [0.25, 0.3) is 0 Å². The summed E-state index contributed by atoms with van der Waals surface area (Å²) in [6, 6.07) is 3.72. The maximum Gasteiger partial charge on any atom is 0.314 e. The Hall–Kier alpha value is -1.91. The molecular formula is C13H15FO4. The van der Waals surface area contributed by atoms with E-state index in [1.807, 2.05) is 0 Å². The zero-order chi connectivity index (χ0) is 13.7. The largest absolute Gasteiger partial charge is 0.491 e. The van der Waals surface area contributed by atoms with E-state index in [-0.39, 0.29) is 17.7 Å². The van der Waals surface area contributed by atoms with Crippen LogP contribution in [0.15, 0.2) is 18.2 Å². The number of ketones is 1. The van der Waals surface area contributed by atoms with Gasteiger partial charge in [-0.3, -0.25) is 9.59 Å². The fourth-order valence-corrected chi connectivity index (χ4v) is 1.60. The van der Waals surface area contributed by atoms with Crippen LogP contribution >= 0.6 is 0 Å². The van der Waals surface area contributed by atoms with Crippen LogP contribution in [0.1, 0.15) is 30.6 Å². The molecule has 5 heteroatoms. The molecule has 0 aliphatic heterocycles. The Morgan fingerprint density at radius 3 is 2.50 bits per heavy atom. The van der Waals surface area contributed by atoms with Crippen molar-refractivity contribution in [3.8, 4) is 5.75 Å². The number of carbonyl (C=O) groups is 2. The molecule has 0 radical (unpaired) electrons. The molecule has 1 rings (SSSR count). The van der Waals surface area contributed by atoms with Gasteiger partial charge >= 0.3 is 5.97 Å². The number of benzene rings is 1. The highest BCUT2D eigenvalue weighted by atomic mass is 19.1. The van der Waals surface area contributed by atoms with Crippen LogP contribution in [0.2, 0.25) is 0 Å². The Balaban J connectivity index is 3.00. The zero-order valence-corrected chi connectivity index (χ0v) is 10.3. The van der Waals surface area contributed by atoms with Crippen molar-refractivity contribution in [1.82, 2.24) is 0 Å². The van der Waals surface area contributed by atoms with Gasteiger partial charge in [0.2, 0.25) is 0 Å². The highest BCUT2D eigenvalue weighted by Gasteiger charge is 2.25. The molecular weight excluding hydrogens is 239 g/mol. The van der Waals surface area contributed by atoms with Gasteiger partial charge in [0.1, 0.15) is 5.92 Å². The number of rotatable bonds is 6. The minimum Gasteiger partial charge on any atom is -0.491 e. The highest BCUT2D eigenvalue weighted by Crippen LogP contribution is 2.21. The maximum absolute atomic E-state index is 13.5. The van der Waals surface area contributed by atoms with Crippen LogP contribution in [-0.2, 0) is 4.79 Å². The third-order valence-corrected chi connectivity index (χ3v) is 2.54. The van der Waals surface area contributed by atoms with Crippen LogP contribution in [0.4, 0.5) is 4.39 Å². The predicted molar refractivity (Wildman–Crippen MR) is 63.3 cm³/mol. The quantitative estimate of drug-likeness (QED) is 0.625. The first-order valence-electron chi connectivity index (χ1n) is 5.70. The summed E-state index contributed by atoms with van der Waals surface area (Å²) in [5.74, 6) is -3.54. The van der Waals surface area contributed by atoms with Gasteiger partial charge in [-0.05, 0) is 31.5 Å². The monoisotopic (exact) mass is 254 g/mol. The SMILES string of the molecule is CCOc1ccc(C(=O)C(CC)C(=O)O)cc1F. The van der Waals surface area contributed by atoms with Crippen molar-refractivity contribution in [3.05, 3.63) is 29.6 Å². The third-order valence-electron chi connectivity index (χ3n) is 2.54. The van der Waals surface area contributed by atoms with Gasteiger partial charge < -0.3 is 9.84 Å². The van der Waals surface area contributed by atoms with E-state index in [0.29, 0.717) is 6.61 Å². The second kappa shape index (κ2) is 6.14. The average molecular weight is 254 g/mol. The van der Waals surface area contributed by atoms with Crippen molar-refractivity contribution in [1.29, 1.82) is 0 Å². The van der Waals surface area contributed by atoms with Crippen molar-refractivity contribution in [3.63, 3.8) is 0 Å². The fraction of sp³-hybridized carbons (Fsp3) is 0.385. The summed E-state index contributed by atoms with van der Waals surface area (Å²) < 4.78 is 18.5. The molecule has 98 valence electrons. The van der Waals surface area contributed by atoms with Crippen LogP contribution < -0.4 is 4.74 Å². The number of Topliss-reactive ketones (excluding diaryl/α,β-unsaturated/α-hetero) is 1. The molecule has 1 unspecified atom stereocenters. The van der Waals surface area contributed by atoms with Gasteiger partial charge in [0.25, 0.3) is 0 Å². The standard InChI is InChI=1S/C13H15FO4/c1-3-9(13(16)17)12(15)8-5-6-11(18-4-2)10(14)7-8/h5-7,9H,3-4H2,1-2H3,(H,16,17). The van der Waals surface area contributed by atoms with E-state index in [1.54, 1.807) is 13.8 Å². The number of carbonyl (C=O) groups excluding carboxylic acids is 1. The molecule has 0 bridgehead atoms. The van der Waals surface area contributed by atoms with E-state index in [2.05, 4.69) is 0 Å². The van der Waals surface area contributed by atoms with Crippen molar-refractivity contribution in [2.45, 2.75) is 20.3 Å². The number of hydrogen-bond donors (Lipinski definition) is 1. The zero-order valence-electron chi connectivity index (χ0n) is 10.3. The number of hydrogen-bond acceptors (Lipinski definition) is 3. The molecule has 0 saturated heterocycles. The minimum atomic E-state index is -1.20. The van der Waals surface area contributed by atoms with Gasteiger partial charge in [-0.25, -0.2) is 4.39 Å². The van der Waals surface area contributed by atoms with Crippen molar-refractivity contribution >= 4 is 11.8 Å². The van der Waals surface area contributed by atoms with Gasteiger partial charge in [-0.15, -0.1) is 0 Å². The second-order valence-corrected chi connectivity index (χ2v) is 3.74. The van der Waals surface area contributed by atoms with E-state index in [0.717, 1.165) is 6.07 Å². The molecule has 1 atom stereocenters. The highest BCUT2D eigenvalue weighted by molar-refractivity contribution is 6.08. The second-order valence-electron chi connectivity index (χ2n) is 3.74. The normalized spacial score (nSPS) is 11.9. The predicted octanol–water partition coefficient (Wildman–Crippen LogP) is 2.52. The van der Waals surface area contributed by atoms with Gasteiger partial charge in [-0.2, -0.15) is 0 Å². The molecule has 0 aliphatic carbocycles. The molecule has 0 amide bonds. The number of ether oxygens (including phenoxy) is 1. The Kier molecular flexibility index (Phi) is 4.83. The number of aliphatic carboxylic acids is 1.